The summed E-state index contributed by atoms with van der Waals surface area (Å²) in [6, 6.07) is 7.53. The second-order valence-corrected chi connectivity index (χ2v) is 9.65. The highest BCUT2D eigenvalue weighted by Crippen LogP contribution is 2.21. The first-order valence-electron chi connectivity index (χ1n) is 9.54. The zero-order valence-corrected chi connectivity index (χ0v) is 19.5. The highest BCUT2D eigenvalue weighted by Gasteiger charge is 2.16. The molecule has 1 aromatic carbocycles. The molecular formula is C20H17ClN6O4S2. The molecule has 0 unspecified atom stereocenters. The highest BCUT2D eigenvalue weighted by molar-refractivity contribution is 7.16. The van der Waals surface area contributed by atoms with E-state index in [9.17, 15) is 19.2 Å². The third-order valence-electron chi connectivity index (χ3n) is 4.62. The molecule has 13 heteroatoms. The van der Waals surface area contributed by atoms with Crippen LogP contribution in [0.1, 0.15) is 20.9 Å². The van der Waals surface area contributed by atoms with Crippen molar-refractivity contribution in [3.63, 3.8) is 0 Å². The third kappa shape index (κ3) is 5.30. The van der Waals surface area contributed by atoms with Gasteiger partial charge in [0, 0.05) is 22.9 Å². The molecule has 0 aliphatic heterocycles. The number of urea groups is 1. The average Bonchev–Trinajstić information content (AvgIpc) is 3.42. The Labute approximate surface area is 199 Å². The number of aromatic nitrogens is 3. The van der Waals surface area contributed by atoms with Gasteiger partial charge in [-0.25, -0.2) is 9.78 Å². The summed E-state index contributed by atoms with van der Waals surface area (Å²) in [4.78, 5) is 55.4. The van der Waals surface area contributed by atoms with Crippen LogP contribution in [0.15, 0.2) is 45.3 Å². The monoisotopic (exact) mass is 504 g/mol. The second-order valence-electron chi connectivity index (χ2n) is 6.99. The lowest BCUT2D eigenvalue weighted by molar-refractivity contribution is 0.0784. The van der Waals surface area contributed by atoms with Crippen molar-refractivity contribution >= 4 is 62.1 Å². The smallest absolute Gasteiger partial charge is 0.321 e. The molecule has 170 valence electrons. The number of thiophene rings is 1. The van der Waals surface area contributed by atoms with Crippen molar-refractivity contribution in [2.45, 2.75) is 13.1 Å². The molecule has 0 saturated heterocycles. The number of amides is 3. The first-order valence-corrected chi connectivity index (χ1v) is 11.6. The van der Waals surface area contributed by atoms with Crippen LogP contribution in [0.3, 0.4) is 0 Å². The van der Waals surface area contributed by atoms with Crippen LogP contribution in [0.2, 0.25) is 4.34 Å². The topological polar surface area (TPSA) is 140 Å². The summed E-state index contributed by atoms with van der Waals surface area (Å²) in [5, 5.41) is 12.3. The first-order chi connectivity index (χ1) is 15.8. The van der Waals surface area contributed by atoms with Gasteiger partial charge in [0.1, 0.15) is 0 Å². The molecule has 0 bridgehead atoms. The average molecular weight is 505 g/mol. The molecule has 0 aliphatic carbocycles. The van der Waals surface area contributed by atoms with Gasteiger partial charge in [0.15, 0.2) is 5.13 Å². The van der Waals surface area contributed by atoms with Crippen molar-refractivity contribution in [3.05, 3.63) is 76.9 Å². The molecule has 0 radical (unpaired) electrons. The maximum atomic E-state index is 12.8. The van der Waals surface area contributed by atoms with E-state index < -0.39 is 17.1 Å². The quantitative estimate of drug-likeness (QED) is 0.319. The van der Waals surface area contributed by atoms with Gasteiger partial charge in [-0.3, -0.25) is 29.9 Å². The van der Waals surface area contributed by atoms with E-state index in [0.717, 1.165) is 4.88 Å². The van der Waals surface area contributed by atoms with Gasteiger partial charge in [-0.05, 0) is 30.3 Å². The Morgan fingerprint density at radius 1 is 1.12 bits per heavy atom. The Bertz CT molecular complexity index is 1460. The fourth-order valence-electron chi connectivity index (χ4n) is 3.04. The number of halogens is 1. The van der Waals surface area contributed by atoms with Crippen LogP contribution in [0.4, 0.5) is 9.93 Å². The summed E-state index contributed by atoms with van der Waals surface area (Å²) in [5.74, 6) is -0.341. The third-order valence-corrected chi connectivity index (χ3v) is 6.65. The van der Waals surface area contributed by atoms with Crippen molar-refractivity contribution in [1.29, 1.82) is 0 Å². The molecule has 0 spiro atoms. The summed E-state index contributed by atoms with van der Waals surface area (Å²) in [5.41, 5.74) is -0.0748. The number of anilines is 1. The van der Waals surface area contributed by atoms with Crippen molar-refractivity contribution in [1.82, 2.24) is 25.4 Å². The second kappa shape index (κ2) is 9.57. The van der Waals surface area contributed by atoms with E-state index >= 15 is 0 Å². The number of hydrogen-bond donors (Lipinski definition) is 4. The fraction of sp³-hybridized carbons (Fsp3) is 0.150. The lowest BCUT2D eigenvalue weighted by Crippen LogP contribution is -2.28. The molecule has 0 fully saturated rings. The van der Waals surface area contributed by atoms with Gasteiger partial charge >= 0.3 is 6.03 Å². The molecule has 3 aromatic heterocycles. The lowest BCUT2D eigenvalue weighted by atomic mass is 10.1. The van der Waals surface area contributed by atoms with E-state index in [2.05, 4.69) is 25.8 Å². The highest BCUT2D eigenvalue weighted by atomic mass is 35.5. The number of H-pyrrole nitrogens is 2. The van der Waals surface area contributed by atoms with E-state index in [0.29, 0.717) is 21.7 Å². The Morgan fingerprint density at radius 3 is 2.61 bits per heavy atom. The molecule has 33 heavy (non-hydrogen) atoms. The van der Waals surface area contributed by atoms with Crippen LogP contribution < -0.4 is 21.8 Å². The van der Waals surface area contributed by atoms with Crippen LogP contribution in [-0.4, -0.2) is 39.1 Å². The molecule has 0 aliphatic rings. The van der Waals surface area contributed by atoms with Gasteiger partial charge in [-0.1, -0.05) is 11.6 Å². The van der Waals surface area contributed by atoms with Gasteiger partial charge < -0.3 is 10.2 Å². The Hall–Kier alpha value is -3.48. The van der Waals surface area contributed by atoms with Gasteiger partial charge in [0.2, 0.25) is 0 Å². The van der Waals surface area contributed by atoms with E-state index in [4.69, 9.17) is 11.6 Å². The minimum absolute atomic E-state index is 0.133. The minimum Gasteiger partial charge on any atom is -0.336 e. The van der Waals surface area contributed by atoms with E-state index in [1.807, 2.05) is 6.07 Å². The fourth-order valence-corrected chi connectivity index (χ4v) is 4.76. The maximum Gasteiger partial charge on any atom is 0.321 e. The van der Waals surface area contributed by atoms with E-state index in [1.165, 1.54) is 45.8 Å². The SMILES string of the molecule is CN(Cc1csc(NC(=O)NCc2ccc(Cl)s2)n1)C(=O)c1ccc2c(=O)[nH][nH]c(=O)c2c1. The molecule has 4 N–H and O–H groups in total. The Morgan fingerprint density at radius 2 is 1.88 bits per heavy atom. The predicted octanol–water partition coefficient (Wildman–Crippen LogP) is 2.98. The molecule has 0 atom stereocenters. The normalized spacial score (nSPS) is 10.8. The molecular weight excluding hydrogens is 488 g/mol. The summed E-state index contributed by atoms with van der Waals surface area (Å²) in [6.45, 7) is 0.537. The zero-order valence-electron chi connectivity index (χ0n) is 17.1. The van der Waals surface area contributed by atoms with Crippen molar-refractivity contribution in [2.24, 2.45) is 0 Å². The number of nitrogens with zero attached hydrogens (tertiary/aromatic N) is 2. The van der Waals surface area contributed by atoms with Crippen molar-refractivity contribution in [2.75, 3.05) is 12.4 Å². The van der Waals surface area contributed by atoms with Gasteiger partial charge in [0.25, 0.3) is 17.0 Å². The van der Waals surface area contributed by atoms with Gasteiger partial charge in [0.05, 0.1) is 33.9 Å². The van der Waals surface area contributed by atoms with Gasteiger partial charge in [-0.2, -0.15) is 0 Å². The Kier molecular flexibility index (Phi) is 6.58. The van der Waals surface area contributed by atoms with Crippen molar-refractivity contribution < 1.29 is 9.59 Å². The van der Waals surface area contributed by atoms with E-state index in [1.54, 1.807) is 18.5 Å². The predicted molar refractivity (Wildman–Crippen MR) is 128 cm³/mol. The van der Waals surface area contributed by atoms with E-state index in [-0.39, 0.29) is 28.8 Å². The summed E-state index contributed by atoms with van der Waals surface area (Å²) < 4.78 is 0.652. The number of carbonyl (C=O) groups is 2. The number of carbonyl (C=O) groups excluding carboxylic acids is 2. The molecule has 4 aromatic rings. The number of nitrogens with one attached hydrogen (secondary N) is 4. The number of rotatable bonds is 6. The molecule has 3 amide bonds. The summed E-state index contributed by atoms with van der Waals surface area (Å²) in [6.07, 6.45) is 0. The Balaban J connectivity index is 1.37. The molecule has 3 heterocycles. The maximum absolute atomic E-state index is 12.8. The van der Waals surface area contributed by atoms with Crippen molar-refractivity contribution in [3.8, 4) is 0 Å². The van der Waals surface area contributed by atoms with Crippen LogP contribution in [0.5, 0.6) is 0 Å². The number of hydrogen-bond acceptors (Lipinski definition) is 7. The number of aromatic amines is 2. The molecule has 4 rings (SSSR count). The minimum atomic E-state index is -0.488. The number of thiazole rings is 1. The standard InChI is InChI=1S/C20H17ClN6O4S2/c1-27(18(30)10-2-4-13-14(6-10)17(29)26-25-16(13)28)8-11-9-32-20(23-11)24-19(31)22-7-12-3-5-15(21)33-12/h2-6,9H,7-8H2,1H3,(H,25,28)(H,26,29)(H2,22,23,24,31). The molecule has 0 saturated carbocycles. The largest absolute Gasteiger partial charge is 0.336 e. The summed E-state index contributed by atoms with van der Waals surface area (Å²) >= 11 is 8.50. The lowest BCUT2D eigenvalue weighted by Gasteiger charge is -2.16. The van der Waals surface area contributed by atoms with Crippen LogP contribution >= 0.6 is 34.3 Å². The number of fused-ring (bicyclic) bond motifs is 1. The van der Waals surface area contributed by atoms with Crippen LogP contribution in [0, 0.1) is 0 Å². The first kappa shape index (κ1) is 22.7. The zero-order chi connectivity index (χ0) is 23.5. The van der Waals surface area contributed by atoms with Crippen LogP contribution in [-0.2, 0) is 13.1 Å². The summed E-state index contributed by atoms with van der Waals surface area (Å²) in [7, 11) is 1.60. The van der Waals surface area contributed by atoms with Crippen LogP contribution in [0.25, 0.3) is 10.8 Å². The van der Waals surface area contributed by atoms with Gasteiger partial charge in [-0.15, -0.1) is 22.7 Å². The molecule has 10 nitrogen and oxygen atoms in total. The number of benzene rings is 1.